The Balaban J connectivity index is 2.46. The van der Waals surface area contributed by atoms with Crippen LogP contribution in [0.25, 0.3) is 0 Å². The van der Waals surface area contributed by atoms with Gasteiger partial charge >= 0.3 is 6.09 Å². The fourth-order valence-electron chi connectivity index (χ4n) is 3.55. The third kappa shape index (κ3) is 8.38. The number of hydrogen-bond donors (Lipinski definition) is 4. The highest BCUT2D eigenvalue weighted by Crippen LogP contribution is 2.25. The second-order valence-electron chi connectivity index (χ2n) is 9.24. The second kappa shape index (κ2) is 12.7. The molecule has 0 radical (unpaired) electrons. The topological polar surface area (TPSA) is 151 Å². The fraction of sp³-hybridized carbons (Fsp3) is 0.385. The molecule has 194 valence electrons. The summed E-state index contributed by atoms with van der Waals surface area (Å²) < 4.78 is 5.22. The molecule has 36 heavy (non-hydrogen) atoms. The lowest BCUT2D eigenvalue weighted by Crippen LogP contribution is -2.54. The summed E-state index contributed by atoms with van der Waals surface area (Å²) in [7, 11) is 0. The maximum absolute atomic E-state index is 13.7. The molecule has 10 nitrogen and oxygen atoms in total. The Kier molecular flexibility index (Phi) is 9.98. The van der Waals surface area contributed by atoms with Gasteiger partial charge in [0.1, 0.15) is 17.7 Å². The number of para-hydroxylation sites is 1. The van der Waals surface area contributed by atoms with Gasteiger partial charge in [-0.05, 0) is 44.9 Å². The Morgan fingerprint density at radius 1 is 1.03 bits per heavy atom. The van der Waals surface area contributed by atoms with Crippen molar-refractivity contribution in [2.24, 2.45) is 5.73 Å². The molecule has 0 heterocycles. The van der Waals surface area contributed by atoms with Gasteiger partial charge in [-0.1, -0.05) is 48.5 Å². The Morgan fingerprint density at radius 3 is 2.19 bits per heavy atom. The van der Waals surface area contributed by atoms with Gasteiger partial charge in [-0.15, -0.1) is 0 Å². The van der Waals surface area contributed by atoms with Crippen molar-refractivity contribution in [3.63, 3.8) is 0 Å². The average molecular weight is 499 g/mol. The average Bonchev–Trinajstić information content (AvgIpc) is 2.78. The van der Waals surface area contributed by atoms with Gasteiger partial charge < -0.3 is 31.1 Å². The summed E-state index contributed by atoms with van der Waals surface area (Å²) in [5.41, 5.74) is 6.34. The molecule has 0 aliphatic heterocycles. The van der Waals surface area contributed by atoms with Crippen LogP contribution in [0.4, 0.5) is 10.5 Å². The number of ether oxygens (including phenoxy) is 1. The molecule has 2 unspecified atom stereocenters. The van der Waals surface area contributed by atoms with Gasteiger partial charge in [-0.3, -0.25) is 14.4 Å². The first-order chi connectivity index (χ1) is 16.9. The molecule has 0 fully saturated rings. The molecule has 0 aliphatic rings. The van der Waals surface area contributed by atoms with Crippen molar-refractivity contribution < 1.29 is 29.0 Å². The second-order valence-corrected chi connectivity index (χ2v) is 9.24. The van der Waals surface area contributed by atoms with Crippen molar-refractivity contribution in [3.8, 4) is 0 Å². The van der Waals surface area contributed by atoms with Gasteiger partial charge in [0.25, 0.3) is 5.91 Å². The van der Waals surface area contributed by atoms with Crippen LogP contribution in [-0.2, 0) is 19.1 Å². The van der Waals surface area contributed by atoms with Gasteiger partial charge in [0.2, 0.25) is 11.8 Å². The molecule has 10 heteroatoms. The van der Waals surface area contributed by atoms with E-state index in [1.807, 2.05) is 19.1 Å². The standard InChI is InChI=1S/C26H34N4O6/c1-17-10-8-9-13-19(17)28-23(33)22(18-11-6-5-7-12-18)30(14-15-31)24(34)20(16-21(27)32)29-25(35)36-26(2,3)4/h5-13,20,22,31H,14-16H2,1-4H3,(H2,27,32)(H,28,33)(H,29,35). The minimum absolute atomic E-state index is 0.245. The highest BCUT2D eigenvalue weighted by atomic mass is 16.6. The van der Waals surface area contributed by atoms with Crippen molar-refractivity contribution in [2.45, 2.75) is 51.8 Å². The van der Waals surface area contributed by atoms with E-state index in [1.54, 1.807) is 63.2 Å². The smallest absolute Gasteiger partial charge is 0.408 e. The SMILES string of the molecule is Cc1ccccc1NC(=O)C(c1ccccc1)N(CCO)C(=O)C(CC(N)=O)NC(=O)OC(C)(C)C. The summed E-state index contributed by atoms with van der Waals surface area (Å²) in [5, 5.41) is 15.0. The van der Waals surface area contributed by atoms with Crippen LogP contribution in [0.15, 0.2) is 54.6 Å². The number of benzene rings is 2. The zero-order valence-electron chi connectivity index (χ0n) is 21.0. The lowest BCUT2D eigenvalue weighted by molar-refractivity contribution is -0.142. The van der Waals surface area contributed by atoms with Crippen molar-refractivity contribution in [3.05, 3.63) is 65.7 Å². The van der Waals surface area contributed by atoms with Crippen LogP contribution in [0.1, 0.15) is 44.4 Å². The first-order valence-corrected chi connectivity index (χ1v) is 11.5. The van der Waals surface area contributed by atoms with E-state index in [2.05, 4.69) is 10.6 Å². The molecule has 5 N–H and O–H groups in total. The predicted octanol–water partition coefficient (Wildman–Crippen LogP) is 2.26. The lowest BCUT2D eigenvalue weighted by atomic mass is 10.0. The molecule has 0 saturated heterocycles. The van der Waals surface area contributed by atoms with E-state index in [9.17, 15) is 24.3 Å². The molecule has 2 rings (SSSR count). The Bertz CT molecular complexity index is 1070. The number of primary amides is 1. The zero-order chi connectivity index (χ0) is 26.9. The summed E-state index contributed by atoms with van der Waals surface area (Å²) in [4.78, 5) is 52.5. The maximum atomic E-state index is 13.7. The van der Waals surface area contributed by atoms with Crippen LogP contribution in [0.5, 0.6) is 0 Å². The van der Waals surface area contributed by atoms with Crippen LogP contribution in [0.3, 0.4) is 0 Å². The number of carbonyl (C=O) groups excluding carboxylic acids is 4. The summed E-state index contributed by atoms with van der Waals surface area (Å²) in [6.07, 6.45) is -1.45. The van der Waals surface area contributed by atoms with E-state index in [-0.39, 0.29) is 6.54 Å². The van der Waals surface area contributed by atoms with Crippen LogP contribution in [0.2, 0.25) is 0 Å². The van der Waals surface area contributed by atoms with E-state index in [0.717, 1.165) is 10.5 Å². The summed E-state index contributed by atoms with van der Waals surface area (Å²) >= 11 is 0. The number of amides is 4. The number of aliphatic hydroxyl groups is 1. The van der Waals surface area contributed by atoms with Crippen LogP contribution in [-0.4, -0.2) is 58.6 Å². The molecular formula is C26H34N4O6. The van der Waals surface area contributed by atoms with Gasteiger partial charge in [-0.2, -0.15) is 0 Å². The molecule has 4 amide bonds. The molecule has 0 saturated carbocycles. The minimum Gasteiger partial charge on any atom is -0.444 e. The fourth-order valence-corrected chi connectivity index (χ4v) is 3.55. The number of nitrogens with two attached hydrogens (primary N) is 1. The van der Waals surface area contributed by atoms with Crippen LogP contribution >= 0.6 is 0 Å². The van der Waals surface area contributed by atoms with E-state index in [0.29, 0.717) is 11.3 Å². The van der Waals surface area contributed by atoms with Gasteiger partial charge in [0.15, 0.2) is 0 Å². The summed E-state index contributed by atoms with van der Waals surface area (Å²) in [6.45, 7) is 6.06. The monoisotopic (exact) mass is 498 g/mol. The number of nitrogens with zero attached hydrogens (tertiary/aromatic N) is 1. The normalized spacial score (nSPS) is 12.7. The number of nitrogens with one attached hydrogen (secondary N) is 2. The van der Waals surface area contributed by atoms with Crippen molar-refractivity contribution >= 4 is 29.5 Å². The first kappa shape index (κ1) is 28.3. The third-order valence-electron chi connectivity index (χ3n) is 5.10. The molecule has 0 aliphatic carbocycles. The molecular weight excluding hydrogens is 464 g/mol. The largest absolute Gasteiger partial charge is 0.444 e. The minimum atomic E-state index is -1.42. The molecule has 0 aromatic heterocycles. The lowest BCUT2D eigenvalue weighted by Gasteiger charge is -2.34. The molecule has 2 atom stereocenters. The summed E-state index contributed by atoms with van der Waals surface area (Å²) in [6, 6.07) is 13.1. The number of alkyl carbamates (subject to hydrolysis) is 1. The summed E-state index contributed by atoms with van der Waals surface area (Å²) in [5.74, 6) is -2.15. The van der Waals surface area contributed by atoms with Crippen LogP contribution in [0, 0.1) is 6.92 Å². The van der Waals surface area contributed by atoms with E-state index in [4.69, 9.17) is 10.5 Å². The molecule has 2 aromatic rings. The number of anilines is 1. The molecule has 0 spiro atoms. The quantitative estimate of drug-likeness (QED) is 0.394. The van der Waals surface area contributed by atoms with E-state index in [1.165, 1.54) is 0 Å². The highest BCUT2D eigenvalue weighted by molar-refractivity contribution is 6.00. The van der Waals surface area contributed by atoms with Crippen molar-refractivity contribution in [1.29, 1.82) is 0 Å². The van der Waals surface area contributed by atoms with Gasteiger partial charge in [0, 0.05) is 12.2 Å². The number of aliphatic hydroxyl groups excluding tert-OH is 1. The number of rotatable bonds is 10. The van der Waals surface area contributed by atoms with Gasteiger partial charge in [0.05, 0.1) is 13.0 Å². The first-order valence-electron chi connectivity index (χ1n) is 11.5. The van der Waals surface area contributed by atoms with Gasteiger partial charge in [-0.25, -0.2) is 4.79 Å². The Labute approximate surface area is 210 Å². The Morgan fingerprint density at radius 2 is 1.64 bits per heavy atom. The number of carbonyl (C=O) groups is 4. The van der Waals surface area contributed by atoms with Crippen LogP contribution < -0.4 is 16.4 Å². The van der Waals surface area contributed by atoms with E-state index < -0.39 is 54.5 Å². The van der Waals surface area contributed by atoms with E-state index >= 15 is 0 Å². The zero-order valence-corrected chi connectivity index (χ0v) is 21.0. The van der Waals surface area contributed by atoms with Crippen molar-refractivity contribution in [1.82, 2.24) is 10.2 Å². The molecule has 2 aromatic carbocycles. The highest BCUT2D eigenvalue weighted by Gasteiger charge is 2.36. The maximum Gasteiger partial charge on any atom is 0.408 e. The predicted molar refractivity (Wildman–Crippen MR) is 135 cm³/mol. The van der Waals surface area contributed by atoms with Crippen molar-refractivity contribution in [2.75, 3.05) is 18.5 Å². The number of aryl methyl sites for hydroxylation is 1. The third-order valence-corrected chi connectivity index (χ3v) is 5.10. The Hall–Kier alpha value is -3.92. The molecule has 0 bridgehead atoms. The number of hydrogen-bond acceptors (Lipinski definition) is 6.